The summed E-state index contributed by atoms with van der Waals surface area (Å²) in [6.07, 6.45) is 6.91. The topological polar surface area (TPSA) is 66.2 Å². The van der Waals surface area contributed by atoms with Gasteiger partial charge in [-0.2, -0.15) is 0 Å². The number of aliphatic hydroxyl groups excluding tert-OH is 1. The van der Waals surface area contributed by atoms with Gasteiger partial charge in [0.25, 0.3) is 0 Å². The van der Waals surface area contributed by atoms with Crippen LogP contribution in [0.25, 0.3) is 0 Å². The summed E-state index contributed by atoms with van der Waals surface area (Å²) >= 11 is 0. The van der Waals surface area contributed by atoms with Gasteiger partial charge < -0.3 is 10.2 Å². The molecule has 1 atom stereocenters. The summed E-state index contributed by atoms with van der Waals surface area (Å²) in [4.78, 5) is 7.65. The van der Waals surface area contributed by atoms with Gasteiger partial charge in [-0.25, -0.2) is 9.97 Å². The summed E-state index contributed by atoms with van der Waals surface area (Å²) in [6.45, 7) is 0. The molecule has 14 heavy (non-hydrogen) atoms. The van der Waals surface area contributed by atoms with Crippen LogP contribution in [0, 0.1) is 0 Å². The summed E-state index contributed by atoms with van der Waals surface area (Å²) in [5, 5.41) is 20.1. The second-order valence-electron chi connectivity index (χ2n) is 3.89. The van der Waals surface area contributed by atoms with Gasteiger partial charge in [0.05, 0.1) is 5.60 Å². The van der Waals surface area contributed by atoms with E-state index < -0.39 is 11.7 Å². The molecule has 1 aromatic rings. The smallest absolute Gasteiger partial charge is 0.115 e. The Balaban J connectivity index is 2.19. The second-order valence-corrected chi connectivity index (χ2v) is 3.89. The molecule has 1 aliphatic carbocycles. The molecule has 0 saturated heterocycles. The fourth-order valence-corrected chi connectivity index (χ4v) is 2.02. The van der Waals surface area contributed by atoms with E-state index in [1.54, 1.807) is 12.4 Å². The molecule has 1 unspecified atom stereocenters. The van der Waals surface area contributed by atoms with Crippen molar-refractivity contribution in [2.75, 3.05) is 0 Å². The van der Waals surface area contributed by atoms with Crippen molar-refractivity contribution in [1.82, 2.24) is 9.97 Å². The zero-order chi connectivity index (χ0) is 10.0. The van der Waals surface area contributed by atoms with Gasteiger partial charge in [0, 0.05) is 18.0 Å². The Hall–Kier alpha value is -1.00. The maximum atomic E-state index is 10.1. The van der Waals surface area contributed by atoms with Crippen molar-refractivity contribution < 1.29 is 10.2 Å². The lowest BCUT2D eigenvalue weighted by atomic mass is 9.91. The summed E-state index contributed by atoms with van der Waals surface area (Å²) in [6, 6.07) is 0. The monoisotopic (exact) mass is 194 g/mol. The average molecular weight is 194 g/mol. The van der Waals surface area contributed by atoms with Crippen LogP contribution in [0.3, 0.4) is 0 Å². The van der Waals surface area contributed by atoms with E-state index in [4.69, 9.17) is 0 Å². The average Bonchev–Trinajstić information content (AvgIpc) is 2.67. The molecule has 76 valence electrons. The first-order chi connectivity index (χ1) is 6.72. The number of hydrogen-bond acceptors (Lipinski definition) is 4. The van der Waals surface area contributed by atoms with Crippen LogP contribution in [0.2, 0.25) is 0 Å². The van der Waals surface area contributed by atoms with E-state index in [9.17, 15) is 10.2 Å². The summed E-state index contributed by atoms with van der Waals surface area (Å²) < 4.78 is 0. The third-order valence-electron chi connectivity index (χ3n) is 2.87. The van der Waals surface area contributed by atoms with Crippen molar-refractivity contribution in [3.8, 4) is 0 Å². The van der Waals surface area contributed by atoms with Crippen molar-refractivity contribution in [2.24, 2.45) is 0 Å². The molecule has 0 bridgehead atoms. The molecule has 0 amide bonds. The van der Waals surface area contributed by atoms with Gasteiger partial charge in [0.1, 0.15) is 12.4 Å². The van der Waals surface area contributed by atoms with Crippen molar-refractivity contribution in [1.29, 1.82) is 0 Å². The lowest BCUT2D eigenvalue weighted by Crippen LogP contribution is -2.33. The van der Waals surface area contributed by atoms with Crippen molar-refractivity contribution in [3.05, 3.63) is 24.3 Å². The van der Waals surface area contributed by atoms with Crippen molar-refractivity contribution in [3.63, 3.8) is 0 Å². The number of hydrogen-bond donors (Lipinski definition) is 2. The molecule has 1 aliphatic rings. The molecule has 0 aromatic carbocycles. The molecular weight excluding hydrogens is 180 g/mol. The first kappa shape index (κ1) is 9.55. The predicted octanol–water partition coefficient (Wildman–Crippen LogP) is 0.815. The summed E-state index contributed by atoms with van der Waals surface area (Å²) in [5.74, 6) is 0. The van der Waals surface area contributed by atoms with E-state index in [1.165, 1.54) is 6.33 Å². The molecule has 2 rings (SSSR count). The summed E-state index contributed by atoms with van der Waals surface area (Å²) in [7, 11) is 0. The maximum Gasteiger partial charge on any atom is 0.115 e. The van der Waals surface area contributed by atoms with Gasteiger partial charge in [-0.15, -0.1) is 0 Å². The van der Waals surface area contributed by atoms with Gasteiger partial charge in [-0.3, -0.25) is 0 Å². The van der Waals surface area contributed by atoms with Gasteiger partial charge in [-0.05, 0) is 12.8 Å². The lowest BCUT2D eigenvalue weighted by molar-refractivity contribution is -0.0722. The van der Waals surface area contributed by atoms with E-state index in [2.05, 4.69) is 9.97 Å². The highest BCUT2D eigenvalue weighted by atomic mass is 16.3. The first-order valence-corrected chi connectivity index (χ1v) is 4.88. The molecule has 4 nitrogen and oxygen atoms in total. The molecular formula is C10H14N2O2. The van der Waals surface area contributed by atoms with Crippen molar-refractivity contribution in [2.45, 2.75) is 37.4 Å². The minimum absolute atomic E-state index is 0.594. The third-order valence-corrected chi connectivity index (χ3v) is 2.87. The van der Waals surface area contributed by atoms with Crippen LogP contribution in [-0.4, -0.2) is 25.8 Å². The number of nitrogens with zero attached hydrogens (tertiary/aromatic N) is 2. The Kier molecular flexibility index (Phi) is 2.48. The Morgan fingerprint density at radius 3 is 2.36 bits per heavy atom. The van der Waals surface area contributed by atoms with Crippen LogP contribution in [0.15, 0.2) is 18.7 Å². The predicted molar refractivity (Wildman–Crippen MR) is 50.4 cm³/mol. The molecule has 1 saturated carbocycles. The Morgan fingerprint density at radius 2 is 1.79 bits per heavy atom. The largest absolute Gasteiger partial charge is 0.387 e. The van der Waals surface area contributed by atoms with Gasteiger partial charge in [0.15, 0.2) is 0 Å². The van der Waals surface area contributed by atoms with Gasteiger partial charge >= 0.3 is 0 Å². The van der Waals surface area contributed by atoms with Crippen molar-refractivity contribution >= 4 is 0 Å². The number of aliphatic hydroxyl groups is 2. The van der Waals surface area contributed by atoms with Crippen LogP contribution >= 0.6 is 0 Å². The van der Waals surface area contributed by atoms with Crippen LogP contribution in [-0.2, 0) is 0 Å². The zero-order valence-electron chi connectivity index (χ0n) is 7.93. The zero-order valence-corrected chi connectivity index (χ0v) is 7.93. The normalized spacial score (nSPS) is 22.1. The van der Waals surface area contributed by atoms with E-state index in [1.807, 2.05) is 0 Å². The maximum absolute atomic E-state index is 10.1. The Bertz CT molecular complexity index is 296. The molecule has 4 heteroatoms. The SMILES string of the molecule is OC(c1cncnc1)C1(O)CCCC1. The molecule has 1 aromatic heterocycles. The third kappa shape index (κ3) is 1.63. The molecule has 0 radical (unpaired) electrons. The first-order valence-electron chi connectivity index (χ1n) is 4.88. The molecule has 1 heterocycles. The van der Waals surface area contributed by atoms with Crippen LogP contribution < -0.4 is 0 Å². The number of aromatic nitrogens is 2. The fourth-order valence-electron chi connectivity index (χ4n) is 2.02. The van der Waals surface area contributed by atoms with Gasteiger partial charge in [0.2, 0.25) is 0 Å². The highest BCUT2D eigenvalue weighted by molar-refractivity contribution is 5.12. The van der Waals surface area contributed by atoms with Gasteiger partial charge in [-0.1, -0.05) is 12.8 Å². The molecule has 0 spiro atoms. The quantitative estimate of drug-likeness (QED) is 0.731. The standard InChI is InChI=1S/C10H14N2O2/c13-9(8-5-11-7-12-6-8)10(14)3-1-2-4-10/h5-7,9,13-14H,1-4H2. The Morgan fingerprint density at radius 1 is 1.21 bits per heavy atom. The highest BCUT2D eigenvalue weighted by Crippen LogP contribution is 2.39. The molecule has 0 aliphatic heterocycles. The number of rotatable bonds is 2. The Labute approximate surface area is 82.6 Å². The molecule has 1 fully saturated rings. The highest BCUT2D eigenvalue weighted by Gasteiger charge is 2.39. The van der Waals surface area contributed by atoms with Crippen LogP contribution in [0.4, 0.5) is 0 Å². The van der Waals surface area contributed by atoms with E-state index >= 15 is 0 Å². The summed E-state index contributed by atoms with van der Waals surface area (Å²) in [5.41, 5.74) is -0.373. The fraction of sp³-hybridized carbons (Fsp3) is 0.600. The van der Waals surface area contributed by atoms with E-state index in [-0.39, 0.29) is 0 Å². The minimum Gasteiger partial charge on any atom is -0.387 e. The molecule has 2 N–H and O–H groups in total. The minimum atomic E-state index is -0.968. The van der Waals surface area contributed by atoms with E-state index in [0.29, 0.717) is 18.4 Å². The van der Waals surface area contributed by atoms with Crippen LogP contribution in [0.5, 0.6) is 0 Å². The lowest BCUT2D eigenvalue weighted by Gasteiger charge is -2.28. The second kappa shape index (κ2) is 3.63. The van der Waals surface area contributed by atoms with Crippen LogP contribution in [0.1, 0.15) is 37.4 Å². The van der Waals surface area contributed by atoms with E-state index in [0.717, 1.165) is 12.8 Å².